The summed E-state index contributed by atoms with van der Waals surface area (Å²) in [5.41, 5.74) is 3.86. The number of carboxylic acid groups (broad SMARTS) is 1. The number of carbonyl (C=O) groups excluding carboxylic acids is 1. The van der Waals surface area contributed by atoms with Crippen LogP contribution in [0.1, 0.15) is 29.4 Å². The van der Waals surface area contributed by atoms with Crippen LogP contribution < -0.4 is 10.6 Å². The molecule has 0 aliphatic heterocycles. The summed E-state index contributed by atoms with van der Waals surface area (Å²) in [7, 11) is 0. The summed E-state index contributed by atoms with van der Waals surface area (Å²) in [5.74, 6) is -0.438. The standard InChI is InChI=1S/C19H22N2O4/c22-18(23)11-20-9-10-21-19(24)25-12-17-15-7-3-1-5-13(15)14-6-2-4-8-16(14)17/h1-5,7-8,14,17,20H,6,9-12H2,(H,21,24)(H,22,23). The smallest absolute Gasteiger partial charge is 0.407 e. The number of benzene rings is 1. The van der Waals surface area contributed by atoms with E-state index in [0.717, 1.165) is 6.42 Å². The van der Waals surface area contributed by atoms with Gasteiger partial charge >= 0.3 is 12.1 Å². The molecule has 2 aliphatic rings. The maximum atomic E-state index is 11.9. The molecule has 3 N–H and O–H groups in total. The lowest BCUT2D eigenvalue weighted by molar-refractivity contribution is -0.135. The molecule has 25 heavy (non-hydrogen) atoms. The van der Waals surface area contributed by atoms with Crippen molar-refractivity contribution in [1.29, 1.82) is 0 Å². The first kappa shape index (κ1) is 17.2. The summed E-state index contributed by atoms with van der Waals surface area (Å²) < 4.78 is 5.40. The van der Waals surface area contributed by atoms with Gasteiger partial charge in [-0.05, 0) is 17.5 Å². The number of hydrogen-bond donors (Lipinski definition) is 3. The summed E-state index contributed by atoms with van der Waals surface area (Å²) in [4.78, 5) is 22.2. The molecule has 2 aliphatic carbocycles. The minimum Gasteiger partial charge on any atom is -0.480 e. The number of allylic oxidation sites excluding steroid dienone is 3. The zero-order chi connectivity index (χ0) is 17.6. The molecule has 0 heterocycles. The van der Waals surface area contributed by atoms with E-state index < -0.39 is 12.1 Å². The molecule has 1 amide bonds. The summed E-state index contributed by atoms with van der Waals surface area (Å²) >= 11 is 0. The molecule has 2 unspecified atom stereocenters. The second-order valence-corrected chi connectivity index (χ2v) is 6.16. The monoisotopic (exact) mass is 342 g/mol. The van der Waals surface area contributed by atoms with Crippen LogP contribution in [-0.2, 0) is 9.53 Å². The number of carboxylic acids is 1. The molecule has 6 heteroatoms. The van der Waals surface area contributed by atoms with Crippen molar-refractivity contribution in [2.45, 2.75) is 18.3 Å². The highest BCUT2D eigenvalue weighted by Gasteiger charge is 2.36. The van der Waals surface area contributed by atoms with E-state index in [-0.39, 0.29) is 12.5 Å². The number of alkyl carbamates (subject to hydrolysis) is 1. The Morgan fingerprint density at radius 3 is 2.80 bits per heavy atom. The molecule has 0 fully saturated rings. The van der Waals surface area contributed by atoms with Crippen molar-refractivity contribution in [3.63, 3.8) is 0 Å². The van der Waals surface area contributed by atoms with Gasteiger partial charge in [0.1, 0.15) is 6.61 Å². The Labute approximate surface area is 146 Å². The first-order valence-electron chi connectivity index (χ1n) is 8.45. The minimum absolute atomic E-state index is 0.0991. The van der Waals surface area contributed by atoms with Crippen molar-refractivity contribution in [2.75, 3.05) is 26.2 Å². The van der Waals surface area contributed by atoms with Crippen LogP contribution in [-0.4, -0.2) is 43.4 Å². The Kier molecular flexibility index (Phi) is 5.50. The van der Waals surface area contributed by atoms with Crippen LogP contribution in [0.15, 0.2) is 48.1 Å². The van der Waals surface area contributed by atoms with Crippen LogP contribution in [0.3, 0.4) is 0 Å². The number of nitrogens with one attached hydrogen (secondary N) is 2. The van der Waals surface area contributed by atoms with Gasteiger partial charge in [-0.1, -0.05) is 48.1 Å². The first-order chi connectivity index (χ1) is 12.2. The zero-order valence-electron chi connectivity index (χ0n) is 13.9. The maximum absolute atomic E-state index is 11.9. The van der Waals surface area contributed by atoms with E-state index in [9.17, 15) is 9.59 Å². The summed E-state index contributed by atoms with van der Waals surface area (Å²) in [5, 5.41) is 13.8. The van der Waals surface area contributed by atoms with E-state index >= 15 is 0 Å². The number of rotatable bonds is 7. The van der Waals surface area contributed by atoms with Crippen molar-refractivity contribution < 1.29 is 19.4 Å². The molecule has 1 aromatic rings. The Hall–Kier alpha value is -2.60. The second-order valence-electron chi connectivity index (χ2n) is 6.16. The minimum atomic E-state index is -0.924. The molecule has 0 saturated heterocycles. The van der Waals surface area contributed by atoms with Gasteiger partial charge in [0.05, 0.1) is 6.54 Å². The van der Waals surface area contributed by atoms with Crippen molar-refractivity contribution in [3.05, 3.63) is 59.2 Å². The van der Waals surface area contributed by atoms with E-state index in [2.05, 4.69) is 47.1 Å². The molecule has 0 radical (unpaired) electrons. The molecule has 0 aromatic heterocycles. The summed E-state index contributed by atoms with van der Waals surface area (Å²) in [6.07, 6.45) is 6.88. The quantitative estimate of drug-likeness (QED) is 0.661. The largest absolute Gasteiger partial charge is 0.480 e. The van der Waals surface area contributed by atoms with E-state index in [1.54, 1.807) is 0 Å². The average Bonchev–Trinajstić information content (AvgIpc) is 2.93. The number of aliphatic carboxylic acids is 1. The van der Waals surface area contributed by atoms with Crippen molar-refractivity contribution in [1.82, 2.24) is 10.6 Å². The Balaban J connectivity index is 1.52. The van der Waals surface area contributed by atoms with Crippen LogP contribution in [0.25, 0.3) is 0 Å². The number of fused-ring (bicyclic) bond motifs is 3. The fourth-order valence-electron chi connectivity index (χ4n) is 3.48. The van der Waals surface area contributed by atoms with E-state index in [0.29, 0.717) is 25.6 Å². The Bertz CT molecular complexity index is 711. The molecular weight excluding hydrogens is 320 g/mol. The summed E-state index contributed by atoms with van der Waals surface area (Å²) in [6.45, 7) is 0.882. The van der Waals surface area contributed by atoms with E-state index in [4.69, 9.17) is 9.84 Å². The van der Waals surface area contributed by atoms with Crippen molar-refractivity contribution in [3.8, 4) is 0 Å². The molecule has 2 atom stereocenters. The van der Waals surface area contributed by atoms with Gasteiger partial charge in [-0.15, -0.1) is 0 Å². The Morgan fingerprint density at radius 1 is 1.20 bits per heavy atom. The van der Waals surface area contributed by atoms with Gasteiger partial charge < -0.3 is 20.5 Å². The summed E-state index contributed by atoms with van der Waals surface area (Å²) in [6, 6.07) is 8.33. The van der Waals surface area contributed by atoms with E-state index in [1.165, 1.54) is 16.7 Å². The van der Waals surface area contributed by atoms with Gasteiger partial charge in [0.15, 0.2) is 0 Å². The predicted octanol–water partition coefficient (Wildman–Crippen LogP) is 2.15. The highest BCUT2D eigenvalue weighted by atomic mass is 16.5. The number of amides is 1. The lowest BCUT2D eigenvalue weighted by atomic mass is 9.88. The third-order valence-electron chi connectivity index (χ3n) is 4.58. The van der Waals surface area contributed by atoms with Crippen LogP contribution in [0.2, 0.25) is 0 Å². The Morgan fingerprint density at radius 2 is 2.00 bits per heavy atom. The second kappa shape index (κ2) is 7.98. The number of hydrogen-bond acceptors (Lipinski definition) is 4. The third-order valence-corrected chi connectivity index (χ3v) is 4.58. The van der Waals surface area contributed by atoms with Crippen LogP contribution >= 0.6 is 0 Å². The van der Waals surface area contributed by atoms with Crippen molar-refractivity contribution >= 4 is 12.1 Å². The number of ether oxygens (including phenoxy) is 1. The van der Waals surface area contributed by atoms with Crippen LogP contribution in [0.5, 0.6) is 0 Å². The molecule has 0 bridgehead atoms. The van der Waals surface area contributed by atoms with Gasteiger partial charge in [0.2, 0.25) is 0 Å². The molecule has 1 aromatic carbocycles. The fourth-order valence-corrected chi connectivity index (χ4v) is 3.48. The molecule has 0 spiro atoms. The van der Waals surface area contributed by atoms with Gasteiger partial charge in [0, 0.05) is 24.9 Å². The van der Waals surface area contributed by atoms with Crippen LogP contribution in [0.4, 0.5) is 4.79 Å². The third kappa shape index (κ3) is 4.09. The lowest BCUT2D eigenvalue weighted by Gasteiger charge is -2.19. The molecular formula is C19H22N2O4. The van der Waals surface area contributed by atoms with Gasteiger partial charge in [-0.2, -0.15) is 0 Å². The van der Waals surface area contributed by atoms with Crippen molar-refractivity contribution in [2.24, 2.45) is 0 Å². The highest BCUT2D eigenvalue weighted by Crippen LogP contribution is 2.49. The molecule has 3 rings (SSSR count). The van der Waals surface area contributed by atoms with Gasteiger partial charge in [0.25, 0.3) is 0 Å². The van der Waals surface area contributed by atoms with Gasteiger partial charge in [-0.25, -0.2) is 4.79 Å². The predicted molar refractivity (Wildman–Crippen MR) is 93.6 cm³/mol. The van der Waals surface area contributed by atoms with Crippen LogP contribution in [0, 0.1) is 0 Å². The van der Waals surface area contributed by atoms with E-state index in [1.807, 2.05) is 6.07 Å². The molecule has 0 saturated carbocycles. The molecule has 132 valence electrons. The normalized spacial score (nSPS) is 20.4. The maximum Gasteiger partial charge on any atom is 0.407 e. The fraction of sp³-hybridized carbons (Fsp3) is 0.368. The van der Waals surface area contributed by atoms with Gasteiger partial charge in [-0.3, -0.25) is 4.79 Å². The molecule has 6 nitrogen and oxygen atoms in total. The average molecular weight is 342 g/mol. The topological polar surface area (TPSA) is 87.7 Å². The lowest BCUT2D eigenvalue weighted by Crippen LogP contribution is -2.34. The first-order valence-corrected chi connectivity index (χ1v) is 8.45. The highest BCUT2D eigenvalue weighted by molar-refractivity contribution is 5.69. The zero-order valence-corrected chi connectivity index (χ0v) is 13.9. The SMILES string of the molecule is O=C(O)CNCCNC(=O)OCC1C2=CC=CCC2c2ccccc21. The number of carbonyl (C=O) groups is 2.